The van der Waals surface area contributed by atoms with Gasteiger partial charge in [0.05, 0.1) is 10.9 Å². The number of nitrogen functional groups attached to an aromatic ring is 1. The smallest absolute Gasteiger partial charge is 0.341 e. The number of piperazine rings is 1. The minimum atomic E-state index is -1.45. The van der Waals surface area contributed by atoms with Crippen LogP contribution in [0.4, 0.5) is 20.2 Å². The van der Waals surface area contributed by atoms with E-state index in [4.69, 9.17) is 5.84 Å². The Morgan fingerprint density at radius 2 is 1.86 bits per heavy atom. The van der Waals surface area contributed by atoms with E-state index in [9.17, 15) is 14.7 Å². The molecule has 28 heavy (non-hydrogen) atoms. The highest BCUT2D eigenvalue weighted by atomic mass is 19.1. The van der Waals surface area contributed by atoms with Gasteiger partial charge in [-0.15, -0.1) is 0 Å². The van der Waals surface area contributed by atoms with Crippen LogP contribution in [0.3, 0.4) is 0 Å². The van der Waals surface area contributed by atoms with Crippen LogP contribution < -0.4 is 21.6 Å². The number of aromatic carboxylic acids is 1. The van der Waals surface area contributed by atoms with Crippen LogP contribution in [-0.4, -0.2) is 53.8 Å². The van der Waals surface area contributed by atoms with Crippen molar-refractivity contribution in [2.75, 3.05) is 43.6 Å². The van der Waals surface area contributed by atoms with Crippen molar-refractivity contribution in [3.8, 4) is 0 Å². The number of carbonyl (C=O) groups is 1. The van der Waals surface area contributed by atoms with E-state index in [1.165, 1.54) is 4.57 Å². The van der Waals surface area contributed by atoms with E-state index in [0.29, 0.717) is 26.2 Å². The number of carboxylic acids is 1. The lowest BCUT2D eigenvalue weighted by molar-refractivity contribution is 0.0695. The van der Waals surface area contributed by atoms with Crippen LogP contribution in [-0.2, 0) is 0 Å². The highest BCUT2D eigenvalue weighted by molar-refractivity contribution is 6.00. The van der Waals surface area contributed by atoms with Crippen molar-refractivity contribution in [3.63, 3.8) is 0 Å². The third-order valence-corrected chi connectivity index (χ3v) is 5.46. The van der Waals surface area contributed by atoms with Gasteiger partial charge in [-0.05, 0) is 19.9 Å². The van der Waals surface area contributed by atoms with Gasteiger partial charge in [-0.2, -0.15) is 0 Å². The monoisotopic (exact) mass is 393 g/mol. The summed E-state index contributed by atoms with van der Waals surface area (Å²) in [6, 6.07) is -0.132. The topological polar surface area (TPSA) is 104 Å². The predicted octanol–water partition coefficient (Wildman–Crippen LogP) is 1.35. The van der Waals surface area contributed by atoms with Gasteiger partial charge in [0.2, 0.25) is 5.43 Å². The van der Waals surface area contributed by atoms with Gasteiger partial charge in [-0.3, -0.25) is 10.6 Å². The molecule has 0 amide bonds. The predicted molar refractivity (Wildman–Crippen MR) is 101 cm³/mol. The number of pyridine rings is 1. The number of carboxylic acid groups (broad SMARTS) is 1. The molecule has 1 aromatic heterocycles. The molecule has 2 fully saturated rings. The third-order valence-electron chi connectivity index (χ3n) is 5.46. The third kappa shape index (κ3) is 2.80. The highest BCUT2D eigenvalue weighted by Crippen LogP contribution is 2.42. The molecule has 0 spiro atoms. The summed E-state index contributed by atoms with van der Waals surface area (Å²) < 4.78 is 32.3. The van der Waals surface area contributed by atoms with Crippen molar-refractivity contribution in [2.24, 2.45) is 5.84 Å². The summed E-state index contributed by atoms with van der Waals surface area (Å²) in [6.45, 7) is 2.10. The Balaban J connectivity index is 2.07. The standard InChI is InChI=1S/C18H21F2N5O3/c1-23-4-6-24(7-5-23)16-12(19)14(22-21)11-15(13(16)20)25(9-2-3-9)8-10(17(11)26)18(27)28/h8-9,22H,2-7,21H2,1H3,(H,27,28). The van der Waals surface area contributed by atoms with Crippen LogP contribution in [0.15, 0.2) is 11.0 Å². The normalized spacial score (nSPS) is 17.9. The first-order valence-corrected chi connectivity index (χ1v) is 9.08. The van der Waals surface area contributed by atoms with Gasteiger partial charge >= 0.3 is 5.97 Å². The molecule has 150 valence electrons. The number of anilines is 2. The second-order valence-corrected chi connectivity index (χ2v) is 7.33. The Morgan fingerprint density at radius 3 is 2.39 bits per heavy atom. The molecule has 0 bridgehead atoms. The van der Waals surface area contributed by atoms with E-state index in [2.05, 4.69) is 10.3 Å². The molecule has 4 rings (SSSR count). The molecule has 0 radical (unpaired) electrons. The molecule has 8 nitrogen and oxygen atoms in total. The first-order chi connectivity index (χ1) is 13.3. The van der Waals surface area contributed by atoms with E-state index in [1.807, 2.05) is 7.05 Å². The Kier molecular flexibility index (Phi) is 4.47. The summed E-state index contributed by atoms with van der Waals surface area (Å²) in [7, 11) is 1.93. The van der Waals surface area contributed by atoms with Crippen LogP contribution in [0, 0.1) is 11.6 Å². The maximum atomic E-state index is 15.6. The highest BCUT2D eigenvalue weighted by Gasteiger charge is 2.33. The summed E-state index contributed by atoms with van der Waals surface area (Å²) in [5, 5.41) is 9.00. The van der Waals surface area contributed by atoms with Crippen molar-refractivity contribution >= 4 is 28.2 Å². The molecule has 10 heteroatoms. The lowest BCUT2D eigenvalue weighted by Crippen LogP contribution is -2.45. The molecule has 1 saturated carbocycles. The summed E-state index contributed by atoms with van der Waals surface area (Å²) in [6.07, 6.45) is 2.60. The van der Waals surface area contributed by atoms with Gasteiger partial charge in [0.1, 0.15) is 16.9 Å². The minimum absolute atomic E-state index is 0.110. The second-order valence-electron chi connectivity index (χ2n) is 7.33. The second kappa shape index (κ2) is 6.71. The van der Waals surface area contributed by atoms with Gasteiger partial charge in [-0.1, -0.05) is 0 Å². The zero-order valence-electron chi connectivity index (χ0n) is 15.3. The van der Waals surface area contributed by atoms with Crippen molar-refractivity contribution in [2.45, 2.75) is 18.9 Å². The Bertz CT molecular complexity index is 1030. The quantitative estimate of drug-likeness (QED) is 0.532. The molecule has 1 aromatic carbocycles. The Labute approximate surface area is 159 Å². The van der Waals surface area contributed by atoms with E-state index in [0.717, 1.165) is 19.0 Å². The number of hydrogen-bond acceptors (Lipinski definition) is 6. The molecule has 0 atom stereocenters. The van der Waals surface area contributed by atoms with Gasteiger partial charge in [0, 0.05) is 38.4 Å². The molecule has 2 aromatic rings. The first-order valence-electron chi connectivity index (χ1n) is 9.08. The van der Waals surface area contributed by atoms with Crippen molar-refractivity contribution in [1.29, 1.82) is 0 Å². The van der Waals surface area contributed by atoms with E-state index in [1.54, 1.807) is 4.90 Å². The van der Waals surface area contributed by atoms with E-state index >= 15 is 8.78 Å². The summed E-state index contributed by atoms with van der Waals surface area (Å²) >= 11 is 0. The molecule has 1 aliphatic carbocycles. The number of hydrazine groups is 1. The fourth-order valence-electron chi connectivity index (χ4n) is 3.76. The van der Waals surface area contributed by atoms with Crippen LogP contribution in [0.1, 0.15) is 29.2 Å². The summed E-state index contributed by atoms with van der Waals surface area (Å²) in [4.78, 5) is 27.9. The zero-order chi connectivity index (χ0) is 20.2. The number of aromatic nitrogens is 1. The largest absolute Gasteiger partial charge is 0.477 e. The van der Waals surface area contributed by atoms with Crippen molar-refractivity contribution in [1.82, 2.24) is 9.47 Å². The first kappa shape index (κ1) is 18.6. The van der Waals surface area contributed by atoms with Crippen molar-refractivity contribution < 1.29 is 18.7 Å². The number of likely N-dealkylation sites (N-methyl/N-ethyl adjacent to an activating group) is 1. The zero-order valence-corrected chi connectivity index (χ0v) is 15.3. The van der Waals surface area contributed by atoms with E-state index in [-0.39, 0.29) is 28.3 Å². The fraction of sp³-hybridized carbons (Fsp3) is 0.444. The maximum absolute atomic E-state index is 15.6. The summed E-state index contributed by atoms with van der Waals surface area (Å²) in [5.74, 6) is 2.19. The number of nitrogens with two attached hydrogens (primary N) is 1. The Hall–Kier alpha value is -2.72. The van der Waals surface area contributed by atoms with Gasteiger partial charge in [-0.25, -0.2) is 13.6 Å². The van der Waals surface area contributed by atoms with Gasteiger partial charge in [0.25, 0.3) is 0 Å². The number of rotatable bonds is 4. The number of nitrogens with zero attached hydrogens (tertiary/aromatic N) is 3. The molecule has 1 saturated heterocycles. The maximum Gasteiger partial charge on any atom is 0.341 e. The number of benzene rings is 1. The number of nitrogens with one attached hydrogen (secondary N) is 1. The van der Waals surface area contributed by atoms with Crippen LogP contribution in [0.5, 0.6) is 0 Å². The molecule has 4 N–H and O–H groups in total. The Morgan fingerprint density at radius 1 is 1.21 bits per heavy atom. The van der Waals surface area contributed by atoms with Gasteiger partial charge < -0.3 is 24.9 Å². The lowest BCUT2D eigenvalue weighted by atomic mass is 10.1. The van der Waals surface area contributed by atoms with E-state index < -0.39 is 28.6 Å². The number of fused-ring (bicyclic) bond motifs is 1. The molecule has 2 aliphatic rings. The number of halogens is 2. The van der Waals surface area contributed by atoms with Crippen LogP contribution in [0.25, 0.3) is 10.9 Å². The average Bonchev–Trinajstić information content (AvgIpc) is 3.49. The summed E-state index contributed by atoms with van der Waals surface area (Å²) in [5.41, 5.74) is -0.0774. The van der Waals surface area contributed by atoms with Crippen LogP contribution >= 0.6 is 0 Å². The van der Waals surface area contributed by atoms with Crippen molar-refractivity contribution in [3.05, 3.63) is 33.6 Å². The minimum Gasteiger partial charge on any atom is -0.477 e. The average molecular weight is 393 g/mol. The van der Waals surface area contributed by atoms with Crippen LogP contribution in [0.2, 0.25) is 0 Å². The molecule has 0 unspecified atom stereocenters. The number of hydrogen-bond donors (Lipinski definition) is 3. The molecule has 1 aliphatic heterocycles. The molecular formula is C18H21F2N5O3. The fourth-order valence-corrected chi connectivity index (χ4v) is 3.76. The van der Waals surface area contributed by atoms with Gasteiger partial charge in [0.15, 0.2) is 11.6 Å². The lowest BCUT2D eigenvalue weighted by Gasteiger charge is -2.35. The SMILES string of the molecule is CN1CCN(c2c(F)c(NN)c3c(=O)c(C(=O)O)cn(C4CC4)c3c2F)CC1. The molecule has 2 heterocycles. The molecular weight excluding hydrogens is 372 g/mol.